The first-order valence-corrected chi connectivity index (χ1v) is 8.80. The number of aliphatic carboxylic acids is 1. The fraction of sp³-hybridized carbons (Fsp3) is 0.381. The summed E-state index contributed by atoms with van der Waals surface area (Å²) in [5, 5.41) is 10.4. The molecule has 0 saturated carbocycles. The molecule has 0 radical (unpaired) electrons. The Morgan fingerprint density at radius 3 is 2.16 bits per heavy atom. The van der Waals surface area contributed by atoms with Crippen molar-refractivity contribution >= 4 is 5.97 Å². The number of piperazine rings is 1. The van der Waals surface area contributed by atoms with Crippen molar-refractivity contribution in [2.24, 2.45) is 0 Å². The SMILES string of the molecule is Cc1ccc(C(Cc2ccccc2)(C(=O)O)N2CCN(C)CC2)cc1. The summed E-state index contributed by atoms with van der Waals surface area (Å²) in [5.74, 6) is -0.773. The van der Waals surface area contributed by atoms with Gasteiger partial charge in [0.05, 0.1) is 0 Å². The molecule has 1 aliphatic rings. The lowest BCUT2D eigenvalue weighted by molar-refractivity contribution is -0.154. The second-order valence-corrected chi connectivity index (χ2v) is 6.98. The van der Waals surface area contributed by atoms with Crippen LogP contribution in [-0.2, 0) is 16.8 Å². The fourth-order valence-corrected chi connectivity index (χ4v) is 3.64. The molecule has 2 aromatic carbocycles. The third-order valence-corrected chi connectivity index (χ3v) is 5.23. The Bertz CT molecular complexity index is 706. The average Bonchev–Trinajstić information content (AvgIpc) is 2.62. The summed E-state index contributed by atoms with van der Waals surface area (Å²) in [6.45, 7) is 5.30. The van der Waals surface area contributed by atoms with E-state index in [1.54, 1.807) is 0 Å². The molecule has 0 aromatic heterocycles. The number of benzene rings is 2. The van der Waals surface area contributed by atoms with Gasteiger partial charge in [-0.1, -0.05) is 60.2 Å². The van der Waals surface area contributed by atoms with Gasteiger partial charge in [-0.3, -0.25) is 4.90 Å². The lowest BCUT2D eigenvalue weighted by Crippen LogP contribution is -2.59. The molecule has 1 N–H and O–H groups in total. The maximum Gasteiger partial charge on any atom is 0.329 e. The maximum atomic E-state index is 12.6. The van der Waals surface area contributed by atoms with Crippen molar-refractivity contribution in [2.45, 2.75) is 18.9 Å². The van der Waals surface area contributed by atoms with Gasteiger partial charge in [0.1, 0.15) is 5.54 Å². The number of aryl methyl sites for hydroxylation is 1. The minimum Gasteiger partial charge on any atom is -0.480 e. The zero-order chi connectivity index (χ0) is 17.9. The molecule has 132 valence electrons. The Balaban J connectivity index is 2.07. The van der Waals surface area contributed by atoms with Gasteiger partial charge in [0.15, 0.2) is 0 Å². The molecule has 1 aliphatic heterocycles. The van der Waals surface area contributed by atoms with Crippen LogP contribution in [0.2, 0.25) is 0 Å². The van der Waals surface area contributed by atoms with Crippen molar-refractivity contribution < 1.29 is 9.90 Å². The van der Waals surface area contributed by atoms with Gasteiger partial charge in [-0.2, -0.15) is 0 Å². The smallest absolute Gasteiger partial charge is 0.329 e. The van der Waals surface area contributed by atoms with Crippen LogP contribution in [0.1, 0.15) is 16.7 Å². The topological polar surface area (TPSA) is 43.8 Å². The van der Waals surface area contributed by atoms with Crippen molar-refractivity contribution in [3.8, 4) is 0 Å². The third kappa shape index (κ3) is 3.60. The number of hydrogen-bond acceptors (Lipinski definition) is 3. The minimum absolute atomic E-state index is 0.468. The Kier molecular flexibility index (Phi) is 5.21. The first-order chi connectivity index (χ1) is 12.0. The van der Waals surface area contributed by atoms with Gasteiger partial charge in [-0.05, 0) is 25.1 Å². The highest BCUT2D eigenvalue weighted by Crippen LogP contribution is 2.34. The number of carboxylic acid groups (broad SMARTS) is 1. The summed E-state index contributed by atoms with van der Waals surface area (Å²) in [6.07, 6.45) is 0.468. The van der Waals surface area contributed by atoms with Crippen LogP contribution in [0, 0.1) is 6.92 Å². The molecule has 0 aliphatic carbocycles. The van der Waals surface area contributed by atoms with Gasteiger partial charge in [0, 0.05) is 32.6 Å². The number of hydrogen-bond donors (Lipinski definition) is 1. The average molecular weight is 338 g/mol. The highest BCUT2D eigenvalue weighted by Gasteiger charge is 2.46. The minimum atomic E-state index is -1.03. The fourth-order valence-electron chi connectivity index (χ4n) is 3.64. The number of likely N-dealkylation sites (N-methyl/N-ethyl adjacent to an activating group) is 1. The first kappa shape index (κ1) is 17.6. The molecule has 0 spiro atoms. The number of nitrogens with zero attached hydrogens (tertiary/aromatic N) is 2. The van der Waals surface area contributed by atoms with Crippen LogP contribution in [0.5, 0.6) is 0 Å². The van der Waals surface area contributed by atoms with E-state index in [0.29, 0.717) is 6.42 Å². The van der Waals surface area contributed by atoms with Crippen LogP contribution < -0.4 is 0 Å². The zero-order valence-electron chi connectivity index (χ0n) is 15.0. The number of rotatable bonds is 5. The van der Waals surface area contributed by atoms with Crippen LogP contribution in [0.3, 0.4) is 0 Å². The van der Waals surface area contributed by atoms with Gasteiger partial charge in [0.2, 0.25) is 0 Å². The molecule has 3 rings (SSSR count). The molecular weight excluding hydrogens is 312 g/mol. The third-order valence-electron chi connectivity index (χ3n) is 5.23. The summed E-state index contributed by atoms with van der Waals surface area (Å²) in [5.41, 5.74) is 2.01. The van der Waals surface area contributed by atoms with Gasteiger partial charge in [-0.15, -0.1) is 0 Å². The van der Waals surface area contributed by atoms with E-state index in [2.05, 4.69) is 16.8 Å². The van der Waals surface area contributed by atoms with Gasteiger partial charge in [-0.25, -0.2) is 4.79 Å². The first-order valence-electron chi connectivity index (χ1n) is 8.80. The molecule has 1 heterocycles. The largest absolute Gasteiger partial charge is 0.480 e. The molecule has 4 nitrogen and oxygen atoms in total. The van der Waals surface area contributed by atoms with E-state index >= 15 is 0 Å². The molecule has 1 saturated heterocycles. The van der Waals surface area contributed by atoms with Gasteiger partial charge < -0.3 is 10.0 Å². The van der Waals surface area contributed by atoms with Crippen LogP contribution >= 0.6 is 0 Å². The normalized spacial score (nSPS) is 18.6. The summed E-state index contributed by atoms with van der Waals surface area (Å²) in [6, 6.07) is 17.9. The summed E-state index contributed by atoms with van der Waals surface area (Å²) >= 11 is 0. The van der Waals surface area contributed by atoms with Crippen molar-refractivity contribution in [1.29, 1.82) is 0 Å². The Morgan fingerprint density at radius 1 is 1.00 bits per heavy atom. The van der Waals surface area contributed by atoms with Crippen LogP contribution in [0.15, 0.2) is 54.6 Å². The molecule has 0 amide bonds. The van der Waals surface area contributed by atoms with Crippen molar-refractivity contribution in [3.05, 3.63) is 71.3 Å². The van der Waals surface area contributed by atoms with Crippen LogP contribution in [0.4, 0.5) is 0 Å². The molecule has 4 heteroatoms. The van der Waals surface area contributed by atoms with Crippen molar-refractivity contribution in [1.82, 2.24) is 9.80 Å². The van der Waals surface area contributed by atoms with Gasteiger partial charge >= 0.3 is 5.97 Å². The highest BCUT2D eigenvalue weighted by atomic mass is 16.4. The highest BCUT2D eigenvalue weighted by molar-refractivity contribution is 5.81. The Hall–Kier alpha value is -2.17. The molecule has 0 bridgehead atoms. The van der Waals surface area contributed by atoms with Crippen molar-refractivity contribution in [2.75, 3.05) is 33.2 Å². The predicted octanol–water partition coefficient (Wildman–Crippen LogP) is 2.77. The molecule has 1 unspecified atom stereocenters. The quantitative estimate of drug-likeness (QED) is 0.910. The zero-order valence-corrected chi connectivity index (χ0v) is 15.0. The van der Waals surface area contributed by atoms with E-state index in [-0.39, 0.29) is 0 Å². The second kappa shape index (κ2) is 7.38. The van der Waals surface area contributed by atoms with E-state index in [1.807, 2.05) is 61.5 Å². The van der Waals surface area contributed by atoms with Crippen LogP contribution in [-0.4, -0.2) is 54.1 Å². The lowest BCUT2D eigenvalue weighted by Gasteiger charge is -2.45. The Morgan fingerprint density at radius 2 is 1.60 bits per heavy atom. The second-order valence-electron chi connectivity index (χ2n) is 6.98. The Labute approximate surface area is 149 Å². The van der Waals surface area contributed by atoms with E-state index < -0.39 is 11.5 Å². The van der Waals surface area contributed by atoms with E-state index in [9.17, 15) is 9.90 Å². The van der Waals surface area contributed by atoms with E-state index in [1.165, 1.54) is 0 Å². The summed E-state index contributed by atoms with van der Waals surface area (Å²) in [7, 11) is 2.09. The number of carboxylic acids is 1. The maximum absolute atomic E-state index is 12.6. The lowest BCUT2D eigenvalue weighted by atomic mass is 9.81. The molecule has 1 fully saturated rings. The number of carbonyl (C=O) groups is 1. The predicted molar refractivity (Wildman–Crippen MR) is 99.7 cm³/mol. The van der Waals surface area contributed by atoms with Gasteiger partial charge in [0.25, 0.3) is 0 Å². The standard InChI is InChI=1S/C21H26N2O2/c1-17-8-10-19(11-9-17)21(20(24)25,16-18-6-4-3-5-7-18)23-14-12-22(2)13-15-23/h3-11H,12-16H2,1-2H3,(H,24,25). The monoisotopic (exact) mass is 338 g/mol. The van der Waals surface area contributed by atoms with Crippen molar-refractivity contribution in [3.63, 3.8) is 0 Å². The molecular formula is C21H26N2O2. The van der Waals surface area contributed by atoms with E-state index in [4.69, 9.17) is 0 Å². The molecule has 1 atom stereocenters. The molecule has 2 aromatic rings. The van der Waals surface area contributed by atoms with E-state index in [0.717, 1.165) is 42.9 Å². The summed E-state index contributed by atoms with van der Waals surface area (Å²) < 4.78 is 0. The summed E-state index contributed by atoms with van der Waals surface area (Å²) in [4.78, 5) is 17.0. The van der Waals surface area contributed by atoms with Crippen LogP contribution in [0.25, 0.3) is 0 Å². The molecule has 25 heavy (non-hydrogen) atoms.